The minimum Gasteiger partial charge on any atom is -0.364 e. The van der Waals surface area contributed by atoms with Gasteiger partial charge >= 0.3 is 0 Å². The first-order chi connectivity index (χ1) is 5.79. The SMILES string of the molecule is CCC(O)(O)C(C)(CC)NC(C)=O. The van der Waals surface area contributed by atoms with Crippen molar-refractivity contribution >= 4 is 5.91 Å². The van der Waals surface area contributed by atoms with E-state index in [9.17, 15) is 15.0 Å². The van der Waals surface area contributed by atoms with Crippen molar-refractivity contribution in [1.29, 1.82) is 0 Å². The second-order valence-electron chi connectivity index (χ2n) is 3.54. The third-order valence-corrected chi connectivity index (χ3v) is 2.54. The third kappa shape index (κ3) is 2.67. The lowest BCUT2D eigenvalue weighted by Gasteiger charge is -2.40. The highest BCUT2D eigenvalue weighted by Gasteiger charge is 2.43. The molecule has 4 nitrogen and oxygen atoms in total. The van der Waals surface area contributed by atoms with Crippen molar-refractivity contribution in [3.05, 3.63) is 0 Å². The summed E-state index contributed by atoms with van der Waals surface area (Å²) in [4.78, 5) is 10.8. The number of nitrogens with one attached hydrogen (secondary N) is 1. The Morgan fingerprint density at radius 2 is 1.77 bits per heavy atom. The molecule has 0 bridgehead atoms. The fourth-order valence-corrected chi connectivity index (χ4v) is 1.25. The van der Waals surface area contributed by atoms with E-state index in [0.717, 1.165) is 0 Å². The Morgan fingerprint density at radius 3 is 2.00 bits per heavy atom. The molecule has 0 aromatic rings. The van der Waals surface area contributed by atoms with E-state index in [2.05, 4.69) is 5.32 Å². The maximum Gasteiger partial charge on any atom is 0.217 e. The predicted octanol–water partition coefficient (Wildman–Crippen LogP) is 0.382. The lowest BCUT2D eigenvalue weighted by atomic mass is 9.86. The summed E-state index contributed by atoms with van der Waals surface area (Å²) in [7, 11) is 0. The van der Waals surface area contributed by atoms with Crippen LogP contribution in [0.15, 0.2) is 0 Å². The molecule has 0 radical (unpaired) electrons. The van der Waals surface area contributed by atoms with E-state index in [0.29, 0.717) is 6.42 Å². The molecule has 0 rings (SSSR count). The molecule has 4 heteroatoms. The van der Waals surface area contributed by atoms with Gasteiger partial charge in [-0.15, -0.1) is 0 Å². The normalized spacial score (nSPS) is 16.5. The lowest BCUT2D eigenvalue weighted by molar-refractivity contribution is -0.217. The quantitative estimate of drug-likeness (QED) is 0.560. The standard InChI is InChI=1S/C9H19NO3/c1-5-8(4,10-7(3)11)9(12,13)6-2/h12-13H,5-6H2,1-4H3,(H,10,11). The van der Waals surface area contributed by atoms with Gasteiger partial charge < -0.3 is 15.5 Å². The topological polar surface area (TPSA) is 69.6 Å². The molecule has 0 aliphatic carbocycles. The zero-order valence-electron chi connectivity index (χ0n) is 8.72. The molecule has 1 unspecified atom stereocenters. The first-order valence-electron chi connectivity index (χ1n) is 4.52. The van der Waals surface area contributed by atoms with E-state index in [-0.39, 0.29) is 12.3 Å². The van der Waals surface area contributed by atoms with Crippen LogP contribution in [0.1, 0.15) is 40.5 Å². The molecule has 1 amide bonds. The number of hydrogen-bond donors (Lipinski definition) is 3. The van der Waals surface area contributed by atoms with Crippen molar-refractivity contribution < 1.29 is 15.0 Å². The van der Waals surface area contributed by atoms with Crippen LogP contribution in [0.25, 0.3) is 0 Å². The van der Waals surface area contributed by atoms with Crippen molar-refractivity contribution in [1.82, 2.24) is 5.32 Å². The molecule has 0 aromatic carbocycles. The second kappa shape index (κ2) is 4.07. The summed E-state index contributed by atoms with van der Waals surface area (Å²) in [5.74, 6) is -2.11. The van der Waals surface area contributed by atoms with Gasteiger partial charge in [0, 0.05) is 13.3 Å². The Morgan fingerprint density at radius 1 is 1.31 bits per heavy atom. The Balaban J connectivity index is 4.71. The number of carbonyl (C=O) groups is 1. The Bertz CT molecular complexity index is 191. The van der Waals surface area contributed by atoms with E-state index in [4.69, 9.17) is 0 Å². The molecule has 13 heavy (non-hydrogen) atoms. The van der Waals surface area contributed by atoms with Crippen LogP contribution in [0.4, 0.5) is 0 Å². The molecule has 0 spiro atoms. The lowest BCUT2D eigenvalue weighted by Crippen LogP contribution is -2.61. The number of carbonyl (C=O) groups excluding carboxylic acids is 1. The zero-order valence-corrected chi connectivity index (χ0v) is 8.72. The van der Waals surface area contributed by atoms with Crippen LogP contribution >= 0.6 is 0 Å². The van der Waals surface area contributed by atoms with E-state index >= 15 is 0 Å². The molecular formula is C9H19NO3. The van der Waals surface area contributed by atoms with Gasteiger partial charge in [-0.1, -0.05) is 13.8 Å². The van der Waals surface area contributed by atoms with Crippen molar-refractivity contribution in [2.45, 2.75) is 51.9 Å². The summed E-state index contributed by atoms with van der Waals surface area (Å²) >= 11 is 0. The summed E-state index contributed by atoms with van der Waals surface area (Å²) in [6.07, 6.45) is 0.644. The summed E-state index contributed by atoms with van der Waals surface area (Å²) in [6, 6.07) is 0. The highest BCUT2D eigenvalue weighted by molar-refractivity contribution is 5.73. The molecule has 0 aliphatic heterocycles. The molecular weight excluding hydrogens is 170 g/mol. The van der Waals surface area contributed by atoms with Crippen LogP contribution in [0, 0.1) is 0 Å². The molecule has 0 aromatic heterocycles. The van der Waals surface area contributed by atoms with E-state index < -0.39 is 11.3 Å². The summed E-state index contributed by atoms with van der Waals surface area (Å²) in [6.45, 7) is 6.44. The molecule has 0 fully saturated rings. The average molecular weight is 189 g/mol. The van der Waals surface area contributed by atoms with Gasteiger partial charge in [-0.3, -0.25) is 4.79 Å². The van der Waals surface area contributed by atoms with Gasteiger partial charge in [-0.05, 0) is 13.3 Å². The number of amides is 1. The fourth-order valence-electron chi connectivity index (χ4n) is 1.25. The van der Waals surface area contributed by atoms with Crippen molar-refractivity contribution in [3.63, 3.8) is 0 Å². The first kappa shape index (κ1) is 12.4. The Kier molecular flexibility index (Phi) is 3.88. The van der Waals surface area contributed by atoms with Gasteiger partial charge in [-0.2, -0.15) is 0 Å². The van der Waals surface area contributed by atoms with Crippen LogP contribution < -0.4 is 5.32 Å². The zero-order chi connectivity index (χ0) is 10.7. The third-order valence-electron chi connectivity index (χ3n) is 2.54. The average Bonchev–Trinajstić information content (AvgIpc) is 2.02. The maximum absolute atomic E-state index is 10.8. The van der Waals surface area contributed by atoms with Crippen LogP contribution in [-0.2, 0) is 4.79 Å². The monoisotopic (exact) mass is 189 g/mol. The highest BCUT2D eigenvalue weighted by Crippen LogP contribution is 2.25. The van der Waals surface area contributed by atoms with Gasteiger partial charge in [0.2, 0.25) is 5.91 Å². The second-order valence-corrected chi connectivity index (χ2v) is 3.54. The smallest absolute Gasteiger partial charge is 0.217 e. The molecule has 1 atom stereocenters. The highest BCUT2D eigenvalue weighted by atomic mass is 16.5. The number of hydrogen-bond acceptors (Lipinski definition) is 3. The largest absolute Gasteiger partial charge is 0.364 e. The molecule has 0 saturated carbocycles. The van der Waals surface area contributed by atoms with E-state index in [1.54, 1.807) is 20.8 Å². The summed E-state index contributed by atoms with van der Waals surface area (Å²) < 4.78 is 0. The van der Waals surface area contributed by atoms with E-state index in [1.165, 1.54) is 6.92 Å². The van der Waals surface area contributed by atoms with E-state index in [1.807, 2.05) is 0 Å². The van der Waals surface area contributed by atoms with Crippen molar-refractivity contribution in [3.8, 4) is 0 Å². The number of aliphatic hydroxyl groups is 2. The molecule has 3 N–H and O–H groups in total. The number of rotatable bonds is 4. The summed E-state index contributed by atoms with van der Waals surface area (Å²) in [5.41, 5.74) is -0.979. The van der Waals surface area contributed by atoms with Crippen molar-refractivity contribution in [2.75, 3.05) is 0 Å². The Labute approximate surface area is 79.0 Å². The van der Waals surface area contributed by atoms with Crippen molar-refractivity contribution in [2.24, 2.45) is 0 Å². The van der Waals surface area contributed by atoms with Gasteiger partial charge in [0.1, 0.15) is 0 Å². The van der Waals surface area contributed by atoms with Gasteiger partial charge in [0.15, 0.2) is 5.79 Å². The van der Waals surface area contributed by atoms with Crippen LogP contribution in [0.5, 0.6) is 0 Å². The van der Waals surface area contributed by atoms with Gasteiger partial charge in [0.25, 0.3) is 0 Å². The maximum atomic E-state index is 10.8. The van der Waals surface area contributed by atoms with Crippen LogP contribution in [0.2, 0.25) is 0 Å². The fraction of sp³-hybridized carbons (Fsp3) is 0.889. The van der Waals surface area contributed by atoms with Gasteiger partial charge in [-0.25, -0.2) is 0 Å². The Hall–Kier alpha value is -0.610. The predicted molar refractivity (Wildman–Crippen MR) is 50.0 cm³/mol. The first-order valence-corrected chi connectivity index (χ1v) is 4.52. The summed E-state index contributed by atoms with van der Waals surface area (Å²) in [5, 5.41) is 21.8. The minimum absolute atomic E-state index is 0.178. The molecule has 0 heterocycles. The van der Waals surface area contributed by atoms with Crippen LogP contribution in [-0.4, -0.2) is 27.4 Å². The van der Waals surface area contributed by atoms with Gasteiger partial charge in [0.05, 0.1) is 5.54 Å². The molecule has 78 valence electrons. The minimum atomic E-state index is -1.85. The molecule has 0 aliphatic rings. The molecule has 0 saturated heterocycles. The van der Waals surface area contributed by atoms with Crippen LogP contribution in [0.3, 0.4) is 0 Å².